The lowest BCUT2D eigenvalue weighted by Gasteiger charge is -2.33. The second-order valence-electron chi connectivity index (χ2n) is 9.25. The number of hydrogen-bond acceptors (Lipinski definition) is 5. The molecular formula is C27H32Cl2N2O5. The Morgan fingerprint density at radius 1 is 1.06 bits per heavy atom. The van der Waals surface area contributed by atoms with Gasteiger partial charge in [0.15, 0.2) is 11.8 Å². The number of carboxylic acids is 1. The van der Waals surface area contributed by atoms with Gasteiger partial charge in [0, 0.05) is 41.3 Å². The van der Waals surface area contributed by atoms with E-state index in [4.69, 9.17) is 27.9 Å². The lowest BCUT2D eigenvalue weighted by atomic mass is 9.99. The molecule has 0 radical (unpaired) electrons. The third-order valence-corrected chi connectivity index (χ3v) is 6.42. The maximum Gasteiger partial charge on any atom is 0.305 e. The highest BCUT2D eigenvalue weighted by Crippen LogP contribution is 2.34. The Morgan fingerprint density at radius 2 is 1.75 bits per heavy atom. The minimum atomic E-state index is -0.903. The maximum atomic E-state index is 11.8. The van der Waals surface area contributed by atoms with Crippen LogP contribution in [0, 0.1) is 12.8 Å². The zero-order chi connectivity index (χ0) is 26.4. The summed E-state index contributed by atoms with van der Waals surface area (Å²) in [4.78, 5) is 13.9. The third-order valence-electron chi connectivity index (χ3n) is 5.86. The molecule has 0 aliphatic carbocycles. The highest BCUT2D eigenvalue weighted by Gasteiger charge is 2.26. The summed E-state index contributed by atoms with van der Waals surface area (Å²) in [6.45, 7) is 7.91. The summed E-state index contributed by atoms with van der Waals surface area (Å²) in [6, 6.07) is 13.5. The minimum Gasteiger partial charge on any atom is -0.494 e. The first-order valence-corrected chi connectivity index (χ1v) is 12.5. The number of nitrogens with zero attached hydrogens (tertiary/aromatic N) is 2. The van der Waals surface area contributed by atoms with E-state index in [1.807, 2.05) is 25.1 Å². The number of halogens is 2. The van der Waals surface area contributed by atoms with E-state index in [1.165, 1.54) is 16.7 Å². The van der Waals surface area contributed by atoms with Crippen molar-refractivity contribution in [3.63, 3.8) is 0 Å². The molecule has 3 aromatic rings. The number of ether oxygens (including phenoxy) is 1. The Bertz CT molecular complexity index is 1180. The first-order chi connectivity index (χ1) is 17.0. The van der Waals surface area contributed by atoms with Crippen molar-refractivity contribution >= 4 is 29.2 Å². The number of benzene rings is 2. The molecule has 1 aromatic heterocycles. The van der Waals surface area contributed by atoms with Gasteiger partial charge >= 0.3 is 5.97 Å². The van der Waals surface area contributed by atoms with Gasteiger partial charge in [0.2, 0.25) is 0 Å². The van der Waals surface area contributed by atoms with Crippen molar-refractivity contribution in [2.45, 2.75) is 46.3 Å². The zero-order valence-electron chi connectivity index (χ0n) is 20.6. The molecule has 36 heavy (non-hydrogen) atoms. The number of aromatic nitrogens is 1. The summed E-state index contributed by atoms with van der Waals surface area (Å²) in [5, 5.41) is 30.1. The van der Waals surface area contributed by atoms with Crippen molar-refractivity contribution in [2.24, 2.45) is 5.92 Å². The van der Waals surface area contributed by atoms with Gasteiger partial charge in [-0.15, -0.1) is 0 Å². The van der Waals surface area contributed by atoms with Gasteiger partial charge in [-0.2, -0.15) is 0 Å². The van der Waals surface area contributed by atoms with Crippen LogP contribution in [0.5, 0.6) is 17.5 Å². The summed E-state index contributed by atoms with van der Waals surface area (Å²) in [5.74, 6) is 0.0513. The van der Waals surface area contributed by atoms with Crippen LogP contribution in [0.15, 0.2) is 48.5 Å². The number of aliphatic carboxylic acids is 1. The van der Waals surface area contributed by atoms with Crippen molar-refractivity contribution in [3.05, 3.63) is 75.3 Å². The van der Waals surface area contributed by atoms with E-state index in [2.05, 4.69) is 18.7 Å². The maximum absolute atomic E-state index is 11.8. The highest BCUT2D eigenvalue weighted by molar-refractivity contribution is 6.35. The molecule has 0 spiro atoms. The van der Waals surface area contributed by atoms with Gasteiger partial charge in [-0.1, -0.05) is 55.2 Å². The van der Waals surface area contributed by atoms with Crippen molar-refractivity contribution in [3.8, 4) is 17.5 Å². The number of aromatic hydroxyl groups is 2. The fraction of sp³-hybridized carbons (Fsp3) is 0.370. The summed E-state index contributed by atoms with van der Waals surface area (Å²) in [5.41, 5.74) is 2.68. The average molecular weight is 535 g/mol. The van der Waals surface area contributed by atoms with Crippen molar-refractivity contribution < 1.29 is 24.9 Å². The molecule has 3 N–H and O–H groups in total. The molecule has 0 aliphatic heterocycles. The molecule has 1 unspecified atom stereocenters. The lowest BCUT2D eigenvalue weighted by molar-refractivity contribution is -0.138. The third kappa shape index (κ3) is 7.32. The van der Waals surface area contributed by atoms with Crippen LogP contribution in [0.4, 0.5) is 0 Å². The second kappa shape index (κ2) is 12.4. The number of hydrogen-bond donors (Lipinski definition) is 3. The van der Waals surface area contributed by atoms with Crippen LogP contribution in [0.1, 0.15) is 43.0 Å². The SMILES string of the molecule is Cc1cc(CN(CC(C)C)C(CC(=O)O)c2ccc(Cl)cc2Cl)ccc1OCCn1c(O)ccc1O. The molecule has 194 valence electrons. The standard InChI is InChI=1S/C27H32Cl2N2O5/c1-17(2)15-30(23(14-27(34)35)21-6-5-20(28)13-22(21)29)16-19-4-7-24(18(3)12-19)36-11-10-31-25(32)8-9-26(31)33/h4-9,12-13,17,23,32-33H,10-11,14-16H2,1-3H3,(H,34,35). The molecule has 2 aromatic carbocycles. The molecule has 0 fully saturated rings. The molecule has 1 heterocycles. The number of carbonyl (C=O) groups is 1. The molecule has 9 heteroatoms. The summed E-state index contributed by atoms with van der Waals surface area (Å²) < 4.78 is 7.24. The van der Waals surface area contributed by atoms with Gasteiger partial charge < -0.3 is 20.1 Å². The van der Waals surface area contributed by atoms with E-state index < -0.39 is 12.0 Å². The van der Waals surface area contributed by atoms with E-state index in [0.29, 0.717) is 41.3 Å². The molecule has 0 saturated heterocycles. The smallest absolute Gasteiger partial charge is 0.305 e. The van der Waals surface area contributed by atoms with E-state index in [-0.39, 0.29) is 24.8 Å². The van der Waals surface area contributed by atoms with Crippen LogP contribution in [-0.4, -0.2) is 43.9 Å². The first-order valence-electron chi connectivity index (χ1n) is 11.8. The Morgan fingerprint density at radius 3 is 2.33 bits per heavy atom. The summed E-state index contributed by atoms with van der Waals surface area (Å²) in [6.07, 6.45) is -0.0899. The molecule has 0 bridgehead atoms. The van der Waals surface area contributed by atoms with Gasteiger partial charge in [-0.3, -0.25) is 14.3 Å². The molecule has 7 nitrogen and oxygen atoms in total. The predicted molar refractivity (Wildman–Crippen MR) is 141 cm³/mol. The van der Waals surface area contributed by atoms with Crippen molar-refractivity contribution in [2.75, 3.05) is 13.2 Å². The van der Waals surface area contributed by atoms with Crippen LogP contribution in [0.2, 0.25) is 10.0 Å². The average Bonchev–Trinajstić information content (AvgIpc) is 3.10. The Balaban J connectivity index is 1.78. The van der Waals surface area contributed by atoms with Gasteiger partial charge in [0.25, 0.3) is 0 Å². The summed E-state index contributed by atoms with van der Waals surface area (Å²) >= 11 is 12.6. The van der Waals surface area contributed by atoms with Gasteiger partial charge in [0.1, 0.15) is 12.4 Å². The van der Waals surface area contributed by atoms with Gasteiger partial charge in [-0.25, -0.2) is 0 Å². The monoisotopic (exact) mass is 534 g/mol. The molecular weight excluding hydrogens is 503 g/mol. The molecule has 0 aliphatic rings. The molecule has 3 rings (SSSR count). The zero-order valence-corrected chi connectivity index (χ0v) is 22.1. The largest absolute Gasteiger partial charge is 0.494 e. The van der Waals surface area contributed by atoms with Crippen LogP contribution in [0.25, 0.3) is 0 Å². The quantitative estimate of drug-likeness (QED) is 0.253. The number of carboxylic acid groups (broad SMARTS) is 1. The van der Waals surface area contributed by atoms with Gasteiger partial charge in [0.05, 0.1) is 13.0 Å². The normalized spacial score (nSPS) is 12.3. The topological polar surface area (TPSA) is 95.2 Å². The van der Waals surface area contributed by atoms with Crippen LogP contribution < -0.4 is 4.74 Å². The molecule has 0 amide bonds. The van der Waals surface area contributed by atoms with Crippen molar-refractivity contribution in [1.82, 2.24) is 9.47 Å². The fourth-order valence-corrected chi connectivity index (χ4v) is 4.81. The highest BCUT2D eigenvalue weighted by atomic mass is 35.5. The predicted octanol–water partition coefficient (Wildman–Crippen LogP) is 6.27. The van der Waals surface area contributed by atoms with Crippen LogP contribution in [0.3, 0.4) is 0 Å². The minimum absolute atomic E-state index is 0.0230. The second-order valence-corrected chi connectivity index (χ2v) is 10.1. The number of aryl methyl sites for hydroxylation is 1. The van der Waals surface area contributed by atoms with E-state index in [0.717, 1.165) is 16.7 Å². The van der Waals surface area contributed by atoms with Crippen molar-refractivity contribution in [1.29, 1.82) is 0 Å². The van der Waals surface area contributed by atoms with Gasteiger partial charge in [-0.05, 0) is 47.7 Å². The fourth-order valence-electron chi connectivity index (χ4n) is 4.27. The lowest BCUT2D eigenvalue weighted by Crippen LogP contribution is -2.33. The van der Waals surface area contributed by atoms with Crippen LogP contribution >= 0.6 is 23.2 Å². The van der Waals surface area contributed by atoms with E-state index in [9.17, 15) is 20.1 Å². The van der Waals surface area contributed by atoms with Crippen LogP contribution in [-0.2, 0) is 17.9 Å². The summed E-state index contributed by atoms with van der Waals surface area (Å²) in [7, 11) is 0. The van der Waals surface area contributed by atoms with E-state index in [1.54, 1.807) is 18.2 Å². The number of rotatable bonds is 12. The molecule has 1 atom stereocenters. The first kappa shape index (κ1) is 27.7. The Kier molecular flexibility index (Phi) is 9.54. The molecule has 0 saturated carbocycles. The Labute approximate surface area is 221 Å². The Hall–Kier alpha value is -2.87. The van der Waals surface area contributed by atoms with E-state index >= 15 is 0 Å².